The molecule has 0 saturated carbocycles. The molecule has 2 aromatic carbocycles. The first-order valence-corrected chi connectivity index (χ1v) is 9.94. The topological polar surface area (TPSA) is 107 Å². The van der Waals surface area contributed by atoms with Gasteiger partial charge in [0.25, 0.3) is 5.91 Å². The van der Waals surface area contributed by atoms with Gasteiger partial charge in [-0.25, -0.2) is 4.79 Å². The van der Waals surface area contributed by atoms with Gasteiger partial charge in [0.15, 0.2) is 18.2 Å². The number of nitrogen functional groups attached to an aromatic ring is 1. The summed E-state index contributed by atoms with van der Waals surface area (Å²) in [6.45, 7) is 3.05. The van der Waals surface area contributed by atoms with E-state index < -0.39 is 11.8 Å². The maximum atomic E-state index is 12.9. The lowest BCUT2D eigenvalue weighted by Crippen LogP contribution is -2.40. The molecule has 2 aliphatic rings. The van der Waals surface area contributed by atoms with Crippen molar-refractivity contribution in [2.75, 3.05) is 25.4 Å². The number of ketones is 2. The van der Waals surface area contributed by atoms with Crippen molar-refractivity contribution in [3.8, 4) is 0 Å². The predicted molar refractivity (Wildman–Crippen MR) is 109 cm³/mol. The van der Waals surface area contributed by atoms with Crippen molar-refractivity contribution in [1.29, 1.82) is 0 Å². The molecule has 1 fully saturated rings. The number of hydrogen-bond donors (Lipinski definition) is 1. The summed E-state index contributed by atoms with van der Waals surface area (Å²) in [6.07, 6.45) is 1.85. The highest BCUT2D eigenvalue weighted by Crippen LogP contribution is 2.32. The molecule has 30 heavy (non-hydrogen) atoms. The number of fused-ring (bicyclic) bond motifs is 2. The van der Waals surface area contributed by atoms with Crippen molar-refractivity contribution >= 4 is 29.1 Å². The molecule has 0 radical (unpaired) electrons. The fourth-order valence-corrected chi connectivity index (χ4v) is 3.94. The second-order valence-electron chi connectivity index (χ2n) is 7.79. The molecule has 154 valence electrons. The van der Waals surface area contributed by atoms with Gasteiger partial charge >= 0.3 is 5.97 Å². The Morgan fingerprint density at radius 2 is 1.63 bits per heavy atom. The maximum Gasteiger partial charge on any atom is 0.340 e. The Kier molecular flexibility index (Phi) is 5.11. The highest BCUT2D eigenvalue weighted by Gasteiger charge is 2.33. The number of hydrogen-bond acceptors (Lipinski definition) is 6. The molecule has 1 aliphatic heterocycles. The monoisotopic (exact) mass is 406 g/mol. The standard InChI is InChI=1S/C23H22N2O5/c1-13-8-10-25(11-9-13)18(26)12-30-23(29)17-7-6-16-19(20(17)24)22(28)15-5-3-2-4-14(15)21(16)27/h2-7,13H,8-12,24H2,1H3. The van der Waals surface area contributed by atoms with Crippen LogP contribution in [0.2, 0.25) is 0 Å². The van der Waals surface area contributed by atoms with Gasteiger partial charge in [0.2, 0.25) is 0 Å². The number of piperidine rings is 1. The number of carbonyl (C=O) groups is 4. The molecule has 7 heteroatoms. The lowest BCUT2D eigenvalue weighted by molar-refractivity contribution is -0.135. The zero-order valence-electron chi connectivity index (χ0n) is 16.6. The molecule has 0 atom stereocenters. The molecule has 1 aliphatic carbocycles. The largest absolute Gasteiger partial charge is 0.452 e. The molecular formula is C23H22N2O5. The summed E-state index contributed by atoms with van der Waals surface area (Å²) >= 11 is 0. The van der Waals surface area contributed by atoms with Gasteiger partial charge in [0, 0.05) is 29.8 Å². The Labute approximate surface area is 173 Å². The van der Waals surface area contributed by atoms with Crippen LogP contribution >= 0.6 is 0 Å². The molecule has 1 saturated heterocycles. The van der Waals surface area contributed by atoms with Crippen molar-refractivity contribution in [2.45, 2.75) is 19.8 Å². The first-order chi connectivity index (χ1) is 14.4. The molecule has 2 aromatic rings. The Hall–Kier alpha value is -3.48. The van der Waals surface area contributed by atoms with E-state index in [0.29, 0.717) is 24.6 Å². The summed E-state index contributed by atoms with van der Waals surface area (Å²) in [5.41, 5.74) is 6.70. The van der Waals surface area contributed by atoms with Crippen molar-refractivity contribution in [3.63, 3.8) is 0 Å². The third kappa shape index (κ3) is 3.36. The number of ether oxygens (including phenoxy) is 1. The summed E-state index contributed by atoms with van der Waals surface area (Å²) in [5.74, 6) is -1.20. The third-order valence-corrected chi connectivity index (χ3v) is 5.82. The minimum Gasteiger partial charge on any atom is -0.452 e. The van der Waals surface area contributed by atoms with Crippen LogP contribution in [0.5, 0.6) is 0 Å². The summed E-state index contributed by atoms with van der Waals surface area (Å²) < 4.78 is 5.17. The Balaban J connectivity index is 1.53. The highest BCUT2D eigenvalue weighted by atomic mass is 16.5. The van der Waals surface area contributed by atoms with Crippen LogP contribution in [0.25, 0.3) is 0 Å². The van der Waals surface area contributed by atoms with Crippen molar-refractivity contribution in [1.82, 2.24) is 4.90 Å². The van der Waals surface area contributed by atoms with Crippen LogP contribution in [-0.2, 0) is 9.53 Å². The number of esters is 1. The minimum absolute atomic E-state index is 0.00416. The minimum atomic E-state index is -0.798. The van der Waals surface area contributed by atoms with E-state index in [4.69, 9.17) is 10.5 Å². The van der Waals surface area contributed by atoms with E-state index in [1.807, 2.05) is 0 Å². The average Bonchev–Trinajstić information content (AvgIpc) is 2.76. The maximum absolute atomic E-state index is 12.9. The molecule has 0 spiro atoms. The summed E-state index contributed by atoms with van der Waals surface area (Å²) in [5, 5.41) is 0. The summed E-state index contributed by atoms with van der Waals surface area (Å²) in [4.78, 5) is 52.2. The van der Waals surface area contributed by atoms with Gasteiger partial charge in [-0.3, -0.25) is 14.4 Å². The Bertz CT molecular complexity index is 1070. The van der Waals surface area contributed by atoms with Gasteiger partial charge in [0.1, 0.15) is 0 Å². The zero-order valence-corrected chi connectivity index (χ0v) is 16.6. The normalized spacial score (nSPS) is 16.1. The Morgan fingerprint density at radius 3 is 2.30 bits per heavy atom. The molecule has 1 amide bonds. The van der Waals surface area contributed by atoms with Gasteiger partial charge in [0.05, 0.1) is 16.8 Å². The SMILES string of the molecule is CC1CCN(C(=O)COC(=O)c2ccc3c(c2N)C(=O)c2ccccc2C3=O)CC1. The second-order valence-corrected chi connectivity index (χ2v) is 7.79. The van der Waals surface area contributed by atoms with E-state index in [9.17, 15) is 19.2 Å². The van der Waals surface area contributed by atoms with Crippen LogP contribution in [0.3, 0.4) is 0 Å². The van der Waals surface area contributed by atoms with E-state index in [-0.39, 0.29) is 46.2 Å². The van der Waals surface area contributed by atoms with E-state index in [2.05, 4.69) is 6.92 Å². The number of amides is 1. The van der Waals surface area contributed by atoms with Crippen molar-refractivity contribution in [2.24, 2.45) is 5.92 Å². The number of anilines is 1. The summed E-state index contributed by atoms with van der Waals surface area (Å²) in [7, 11) is 0. The van der Waals surface area contributed by atoms with E-state index in [1.165, 1.54) is 12.1 Å². The van der Waals surface area contributed by atoms with Gasteiger partial charge in [-0.15, -0.1) is 0 Å². The molecule has 1 heterocycles. The zero-order chi connectivity index (χ0) is 21.4. The van der Waals surface area contributed by atoms with Crippen molar-refractivity contribution < 1.29 is 23.9 Å². The Morgan fingerprint density at radius 1 is 1.00 bits per heavy atom. The van der Waals surface area contributed by atoms with Crippen LogP contribution in [0.4, 0.5) is 5.69 Å². The van der Waals surface area contributed by atoms with Gasteiger partial charge in [-0.1, -0.05) is 31.2 Å². The van der Waals surface area contributed by atoms with E-state index >= 15 is 0 Å². The molecule has 0 bridgehead atoms. The number of nitrogens with zero attached hydrogens (tertiary/aromatic N) is 1. The molecule has 2 N–H and O–H groups in total. The quantitative estimate of drug-likeness (QED) is 0.529. The van der Waals surface area contributed by atoms with Crippen LogP contribution in [0, 0.1) is 5.92 Å². The fraction of sp³-hybridized carbons (Fsp3) is 0.304. The van der Waals surface area contributed by atoms with Crippen LogP contribution in [0.1, 0.15) is 62.0 Å². The van der Waals surface area contributed by atoms with Crippen LogP contribution < -0.4 is 5.73 Å². The predicted octanol–water partition coefficient (Wildman–Crippen LogP) is 2.46. The smallest absolute Gasteiger partial charge is 0.340 e. The first-order valence-electron chi connectivity index (χ1n) is 9.94. The number of nitrogens with two attached hydrogens (primary N) is 1. The van der Waals surface area contributed by atoms with Gasteiger partial charge in [-0.2, -0.15) is 0 Å². The number of benzene rings is 2. The average molecular weight is 406 g/mol. The molecular weight excluding hydrogens is 384 g/mol. The third-order valence-electron chi connectivity index (χ3n) is 5.82. The molecule has 7 nitrogen and oxygen atoms in total. The lowest BCUT2D eigenvalue weighted by Gasteiger charge is -2.30. The second kappa shape index (κ2) is 7.74. The van der Waals surface area contributed by atoms with Crippen LogP contribution in [-0.4, -0.2) is 48.0 Å². The van der Waals surface area contributed by atoms with E-state index in [1.54, 1.807) is 29.2 Å². The van der Waals surface area contributed by atoms with Gasteiger partial charge in [-0.05, 0) is 30.9 Å². The van der Waals surface area contributed by atoms with Crippen molar-refractivity contribution in [3.05, 3.63) is 64.2 Å². The molecule has 0 unspecified atom stereocenters. The number of likely N-dealkylation sites (tertiary alicyclic amines) is 1. The van der Waals surface area contributed by atoms with Crippen LogP contribution in [0.15, 0.2) is 36.4 Å². The number of carbonyl (C=O) groups excluding carboxylic acids is 4. The highest BCUT2D eigenvalue weighted by molar-refractivity contribution is 6.30. The molecule has 4 rings (SSSR count). The van der Waals surface area contributed by atoms with E-state index in [0.717, 1.165) is 12.8 Å². The van der Waals surface area contributed by atoms with Gasteiger partial charge < -0.3 is 15.4 Å². The molecule has 0 aromatic heterocycles. The first kappa shape index (κ1) is 19.8. The summed E-state index contributed by atoms with van der Waals surface area (Å²) in [6, 6.07) is 9.26. The fourth-order valence-electron chi connectivity index (χ4n) is 3.94. The number of rotatable bonds is 3. The lowest BCUT2D eigenvalue weighted by atomic mass is 9.82.